The molecule has 0 spiro atoms. The average Bonchev–Trinajstić information content (AvgIpc) is 3.09. The Labute approximate surface area is 138 Å². The normalized spacial score (nSPS) is 14.7. The Morgan fingerprint density at radius 1 is 0.917 bits per heavy atom. The van der Waals surface area contributed by atoms with E-state index < -0.39 is 17.6 Å². The third-order valence-corrected chi connectivity index (χ3v) is 4.07. The largest absolute Gasteiger partial charge is 0.416 e. The van der Waals surface area contributed by atoms with E-state index in [9.17, 15) is 18.0 Å². The maximum absolute atomic E-state index is 12.5. The van der Waals surface area contributed by atoms with E-state index in [1.807, 2.05) is 12.1 Å². The number of anilines is 2. The monoisotopic (exact) mass is 334 g/mol. The summed E-state index contributed by atoms with van der Waals surface area (Å²) < 4.78 is 37.6. The summed E-state index contributed by atoms with van der Waals surface area (Å²) in [7, 11) is 0. The van der Waals surface area contributed by atoms with E-state index in [4.69, 9.17) is 0 Å². The molecule has 1 amide bonds. The number of hydrogen-bond acceptors (Lipinski definition) is 2. The van der Waals surface area contributed by atoms with E-state index >= 15 is 0 Å². The highest BCUT2D eigenvalue weighted by atomic mass is 19.4. The number of nitrogens with zero attached hydrogens (tertiary/aromatic N) is 1. The molecule has 126 valence electrons. The van der Waals surface area contributed by atoms with Gasteiger partial charge in [-0.05, 0) is 61.4 Å². The Morgan fingerprint density at radius 3 is 2.04 bits per heavy atom. The number of nitrogens with one attached hydrogen (secondary N) is 1. The molecule has 1 aliphatic rings. The maximum Gasteiger partial charge on any atom is 0.416 e. The van der Waals surface area contributed by atoms with E-state index in [2.05, 4.69) is 10.2 Å². The summed E-state index contributed by atoms with van der Waals surface area (Å²) in [5.41, 5.74) is 1.14. The van der Waals surface area contributed by atoms with Crippen molar-refractivity contribution in [2.45, 2.75) is 19.0 Å². The zero-order valence-electron chi connectivity index (χ0n) is 12.9. The molecule has 1 heterocycles. The summed E-state index contributed by atoms with van der Waals surface area (Å²) in [6.07, 6.45) is -2.03. The number of rotatable bonds is 3. The third-order valence-electron chi connectivity index (χ3n) is 4.07. The molecule has 0 atom stereocenters. The van der Waals surface area contributed by atoms with Crippen molar-refractivity contribution >= 4 is 17.3 Å². The highest BCUT2D eigenvalue weighted by Gasteiger charge is 2.30. The predicted octanol–water partition coefficient (Wildman–Crippen LogP) is 4.56. The molecule has 3 nitrogen and oxygen atoms in total. The number of halogens is 3. The van der Waals surface area contributed by atoms with Crippen LogP contribution < -0.4 is 10.2 Å². The minimum Gasteiger partial charge on any atom is -0.372 e. The number of carbonyl (C=O) groups excluding carboxylic acids is 1. The Kier molecular flexibility index (Phi) is 4.46. The first-order valence-electron chi connectivity index (χ1n) is 7.77. The van der Waals surface area contributed by atoms with Crippen molar-refractivity contribution in [3.05, 3.63) is 59.7 Å². The molecule has 2 aromatic carbocycles. The fraction of sp³-hybridized carbons (Fsp3) is 0.278. The lowest BCUT2D eigenvalue weighted by Crippen LogP contribution is -2.17. The van der Waals surface area contributed by atoms with E-state index in [0.717, 1.165) is 30.9 Å². The lowest BCUT2D eigenvalue weighted by molar-refractivity contribution is -0.137. The summed E-state index contributed by atoms with van der Waals surface area (Å²) in [5.74, 6) is -0.433. The molecule has 3 rings (SSSR count). The van der Waals surface area contributed by atoms with Crippen molar-refractivity contribution in [3.63, 3.8) is 0 Å². The van der Waals surface area contributed by atoms with Crippen LogP contribution in [0.2, 0.25) is 0 Å². The second-order valence-corrected chi connectivity index (χ2v) is 5.77. The second-order valence-electron chi connectivity index (χ2n) is 5.77. The van der Waals surface area contributed by atoms with Gasteiger partial charge in [0.1, 0.15) is 0 Å². The molecular weight excluding hydrogens is 317 g/mol. The minimum atomic E-state index is -4.40. The van der Waals surface area contributed by atoms with Crippen LogP contribution in [0.25, 0.3) is 0 Å². The quantitative estimate of drug-likeness (QED) is 0.892. The zero-order valence-corrected chi connectivity index (χ0v) is 12.9. The Hall–Kier alpha value is -2.50. The van der Waals surface area contributed by atoms with Crippen molar-refractivity contribution in [3.8, 4) is 0 Å². The van der Waals surface area contributed by atoms with Gasteiger partial charge in [0.25, 0.3) is 5.91 Å². The molecule has 0 aliphatic carbocycles. The Balaban J connectivity index is 1.66. The van der Waals surface area contributed by atoms with Crippen LogP contribution in [0.4, 0.5) is 24.5 Å². The first-order valence-corrected chi connectivity index (χ1v) is 7.77. The van der Waals surface area contributed by atoms with Crippen LogP contribution in [0, 0.1) is 0 Å². The van der Waals surface area contributed by atoms with Gasteiger partial charge in [-0.1, -0.05) is 0 Å². The lowest BCUT2D eigenvalue weighted by Gasteiger charge is -2.17. The van der Waals surface area contributed by atoms with Crippen molar-refractivity contribution in [1.29, 1.82) is 0 Å². The van der Waals surface area contributed by atoms with Gasteiger partial charge < -0.3 is 10.2 Å². The van der Waals surface area contributed by atoms with Crippen LogP contribution in [0.3, 0.4) is 0 Å². The molecule has 2 aromatic rings. The van der Waals surface area contributed by atoms with Crippen molar-refractivity contribution in [2.75, 3.05) is 23.3 Å². The van der Waals surface area contributed by atoms with E-state index in [1.54, 1.807) is 12.1 Å². The minimum absolute atomic E-state index is 0.187. The number of benzene rings is 2. The van der Waals surface area contributed by atoms with Crippen LogP contribution in [0.15, 0.2) is 48.5 Å². The van der Waals surface area contributed by atoms with Crippen molar-refractivity contribution in [1.82, 2.24) is 0 Å². The van der Waals surface area contributed by atoms with Crippen LogP contribution in [0.5, 0.6) is 0 Å². The molecule has 1 fully saturated rings. The Bertz CT molecular complexity index is 703. The van der Waals surface area contributed by atoms with Crippen LogP contribution in [-0.2, 0) is 6.18 Å². The van der Waals surface area contributed by atoms with Gasteiger partial charge in [-0.2, -0.15) is 13.2 Å². The molecule has 1 N–H and O–H groups in total. The van der Waals surface area contributed by atoms with E-state index in [-0.39, 0.29) is 5.56 Å². The number of hydrogen-bond donors (Lipinski definition) is 1. The maximum atomic E-state index is 12.5. The first kappa shape index (κ1) is 16.4. The number of carbonyl (C=O) groups is 1. The summed E-state index contributed by atoms with van der Waals surface area (Å²) in [4.78, 5) is 14.4. The summed E-state index contributed by atoms with van der Waals surface area (Å²) >= 11 is 0. The SMILES string of the molecule is O=C(Nc1ccc(N2CCCC2)cc1)c1ccc(C(F)(F)F)cc1. The highest BCUT2D eigenvalue weighted by Crippen LogP contribution is 2.29. The smallest absolute Gasteiger partial charge is 0.372 e. The fourth-order valence-electron chi connectivity index (χ4n) is 2.74. The van der Waals surface area contributed by atoms with Gasteiger partial charge in [-0.15, -0.1) is 0 Å². The third kappa shape index (κ3) is 3.69. The molecule has 6 heteroatoms. The Morgan fingerprint density at radius 2 is 1.50 bits per heavy atom. The second kappa shape index (κ2) is 6.55. The van der Waals surface area contributed by atoms with Crippen molar-refractivity contribution in [2.24, 2.45) is 0 Å². The highest BCUT2D eigenvalue weighted by molar-refractivity contribution is 6.04. The van der Waals surface area contributed by atoms with Gasteiger partial charge in [0.05, 0.1) is 5.56 Å². The molecular formula is C18H17F3N2O. The first-order chi connectivity index (χ1) is 11.4. The van der Waals surface area contributed by atoms with Gasteiger partial charge in [0.2, 0.25) is 0 Å². The molecule has 24 heavy (non-hydrogen) atoms. The molecule has 0 aromatic heterocycles. The summed E-state index contributed by atoms with van der Waals surface area (Å²) in [6, 6.07) is 11.6. The molecule has 1 aliphatic heterocycles. The van der Waals surface area contributed by atoms with Crippen LogP contribution in [-0.4, -0.2) is 19.0 Å². The summed E-state index contributed by atoms with van der Waals surface area (Å²) in [6.45, 7) is 2.08. The number of alkyl halides is 3. The standard InChI is InChI=1S/C18H17F3N2O/c19-18(20,21)14-5-3-13(4-6-14)17(24)22-15-7-9-16(10-8-15)23-11-1-2-12-23/h3-10H,1-2,11-12H2,(H,22,24). The van der Waals surface area contributed by atoms with Crippen LogP contribution in [0.1, 0.15) is 28.8 Å². The summed E-state index contributed by atoms with van der Waals surface area (Å²) in [5, 5.41) is 2.70. The van der Waals surface area contributed by atoms with Crippen LogP contribution >= 0.6 is 0 Å². The van der Waals surface area contributed by atoms with Gasteiger partial charge in [0.15, 0.2) is 0 Å². The topological polar surface area (TPSA) is 32.3 Å². The van der Waals surface area contributed by atoms with Gasteiger partial charge in [-0.25, -0.2) is 0 Å². The zero-order chi connectivity index (χ0) is 17.2. The van der Waals surface area contributed by atoms with E-state index in [0.29, 0.717) is 5.69 Å². The lowest BCUT2D eigenvalue weighted by atomic mass is 10.1. The van der Waals surface area contributed by atoms with Gasteiger partial charge in [-0.3, -0.25) is 4.79 Å². The fourth-order valence-corrected chi connectivity index (χ4v) is 2.74. The van der Waals surface area contributed by atoms with Gasteiger partial charge in [0, 0.05) is 30.0 Å². The average molecular weight is 334 g/mol. The number of amides is 1. The molecule has 0 unspecified atom stereocenters. The molecule has 0 saturated carbocycles. The van der Waals surface area contributed by atoms with Crippen molar-refractivity contribution < 1.29 is 18.0 Å². The molecule has 1 saturated heterocycles. The van der Waals surface area contributed by atoms with E-state index in [1.165, 1.54) is 25.0 Å². The molecule has 0 radical (unpaired) electrons. The van der Waals surface area contributed by atoms with Gasteiger partial charge >= 0.3 is 6.18 Å². The predicted molar refractivity (Wildman–Crippen MR) is 87.3 cm³/mol. The molecule has 0 bridgehead atoms.